The summed E-state index contributed by atoms with van der Waals surface area (Å²) in [6.45, 7) is 5.26. The standard InChI is InChI=1S/C10H15N/c1-3-4-5-6-10-7-9(2)8-11-10/h3-6,9H,7-8H2,1-2H3. The van der Waals surface area contributed by atoms with Gasteiger partial charge in [0.2, 0.25) is 0 Å². The van der Waals surface area contributed by atoms with Crippen LogP contribution in [0.3, 0.4) is 0 Å². The molecular formula is C10H15N. The van der Waals surface area contributed by atoms with Crippen LogP contribution >= 0.6 is 0 Å². The van der Waals surface area contributed by atoms with Crippen molar-refractivity contribution in [1.82, 2.24) is 0 Å². The third-order valence-corrected chi connectivity index (χ3v) is 1.76. The monoisotopic (exact) mass is 149 g/mol. The summed E-state index contributed by atoms with van der Waals surface area (Å²) in [5, 5.41) is 0. The molecule has 0 N–H and O–H groups in total. The van der Waals surface area contributed by atoms with Crippen LogP contribution in [0.2, 0.25) is 0 Å². The summed E-state index contributed by atoms with van der Waals surface area (Å²) < 4.78 is 0. The first-order chi connectivity index (χ1) is 5.33. The molecule has 1 aliphatic heterocycles. The SMILES string of the molecule is CC=CC=CC1=NCC(C)C1. The van der Waals surface area contributed by atoms with Gasteiger partial charge in [-0.1, -0.05) is 25.2 Å². The Kier molecular flexibility index (Phi) is 3.09. The Morgan fingerprint density at radius 2 is 2.27 bits per heavy atom. The van der Waals surface area contributed by atoms with Gasteiger partial charge in [-0.15, -0.1) is 0 Å². The molecule has 1 heterocycles. The van der Waals surface area contributed by atoms with E-state index < -0.39 is 0 Å². The van der Waals surface area contributed by atoms with Gasteiger partial charge in [0.25, 0.3) is 0 Å². The summed E-state index contributed by atoms with van der Waals surface area (Å²) in [4.78, 5) is 4.38. The average molecular weight is 149 g/mol. The zero-order valence-corrected chi connectivity index (χ0v) is 7.25. The maximum absolute atomic E-state index is 4.38. The highest BCUT2D eigenvalue weighted by atomic mass is 14.8. The highest BCUT2D eigenvalue weighted by Crippen LogP contribution is 2.12. The molecule has 0 saturated heterocycles. The van der Waals surface area contributed by atoms with Crippen LogP contribution < -0.4 is 0 Å². The van der Waals surface area contributed by atoms with Crippen molar-refractivity contribution < 1.29 is 0 Å². The molecule has 0 aliphatic carbocycles. The molecule has 0 aromatic carbocycles. The number of aliphatic imine (C=N–C) groups is 1. The topological polar surface area (TPSA) is 12.4 Å². The van der Waals surface area contributed by atoms with Crippen LogP contribution in [0.15, 0.2) is 29.3 Å². The van der Waals surface area contributed by atoms with Gasteiger partial charge < -0.3 is 0 Å². The van der Waals surface area contributed by atoms with Crippen LogP contribution in [-0.2, 0) is 0 Å². The average Bonchev–Trinajstić information content (AvgIpc) is 2.37. The highest BCUT2D eigenvalue weighted by molar-refractivity contribution is 5.96. The predicted molar refractivity (Wildman–Crippen MR) is 50.0 cm³/mol. The second-order valence-electron chi connectivity index (χ2n) is 3.03. The maximum atomic E-state index is 4.38. The maximum Gasteiger partial charge on any atom is 0.0421 e. The molecule has 0 saturated carbocycles. The van der Waals surface area contributed by atoms with E-state index >= 15 is 0 Å². The fourth-order valence-electron chi connectivity index (χ4n) is 1.16. The van der Waals surface area contributed by atoms with Crippen molar-refractivity contribution in [2.75, 3.05) is 6.54 Å². The molecule has 1 unspecified atom stereocenters. The van der Waals surface area contributed by atoms with Crippen LogP contribution in [-0.4, -0.2) is 12.3 Å². The van der Waals surface area contributed by atoms with E-state index in [4.69, 9.17) is 0 Å². The first-order valence-corrected chi connectivity index (χ1v) is 4.15. The molecule has 1 heteroatoms. The van der Waals surface area contributed by atoms with E-state index in [2.05, 4.69) is 24.1 Å². The second kappa shape index (κ2) is 4.12. The van der Waals surface area contributed by atoms with Crippen LogP contribution in [0.25, 0.3) is 0 Å². The van der Waals surface area contributed by atoms with Crippen LogP contribution in [0.5, 0.6) is 0 Å². The van der Waals surface area contributed by atoms with E-state index in [1.165, 1.54) is 5.71 Å². The Balaban J connectivity index is 2.39. The quantitative estimate of drug-likeness (QED) is 0.535. The molecule has 1 nitrogen and oxygen atoms in total. The van der Waals surface area contributed by atoms with Crippen LogP contribution in [0, 0.1) is 5.92 Å². The molecule has 0 bridgehead atoms. The van der Waals surface area contributed by atoms with Gasteiger partial charge in [0, 0.05) is 12.3 Å². The lowest BCUT2D eigenvalue weighted by atomic mass is 10.1. The van der Waals surface area contributed by atoms with Crippen molar-refractivity contribution in [3.8, 4) is 0 Å². The smallest absolute Gasteiger partial charge is 0.0421 e. The molecule has 1 aliphatic rings. The summed E-state index contributed by atoms with van der Waals surface area (Å²) >= 11 is 0. The minimum absolute atomic E-state index is 0.750. The number of hydrogen-bond donors (Lipinski definition) is 0. The van der Waals surface area contributed by atoms with E-state index in [1.54, 1.807) is 0 Å². The van der Waals surface area contributed by atoms with Crippen molar-refractivity contribution in [2.24, 2.45) is 10.9 Å². The molecule has 11 heavy (non-hydrogen) atoms. The van der Waals surface area contributed by atoms with Crippen molar-refractivity contribution in [2.45, 2.75) is 20.3 Å². The zero-order chi connectivity index (χ0) is 8.10. The Bertz CT molecular complexity index is 199. The summed E-state index contributed by atoms with van der Waals surface area (Å²) in [5.41, 5.74) is 1.25. The van der Waals surface area contributed by atoms with Crippen LogP contribution in [0.4, 0.5) is 0 Å². The summed E-state index contributed by atoms with van der Waals surface area (Å²) in [5.74, 6) is 0.750. The Morgan fingerprint density at radius 3 is 2.82 bits per heavy atom. The van der Waals surface area contributed by atoms with E-state index in [-0.39, 0.29) is 0 Å². The predicted octanol–water partition coefficient (Wildman–Crippen LogP) is 2.60. The lowest BCUT2D eigenvalue weighted by Crippen LogP contribution is -1.93. The lowest BCUT2D eigenvalue weighted by molar-refractivity contribution is 0.664. The molecule has 1 rings (SSSR count). The van der Waals surface area contributed by atoms with E-state index in [0.29, 0.717) is 0 Å². The fourth-order valence-corrected chi connectivity index (χ4v) is 1.16. The first-order valence-electron chi connectivity index (χ1n) is 4.15. The Hall–Kier alpha value is -0.850. The molecule has 1 atom stereocenters. The fraction of sp³-hybridized carbons (Fsp3) is 0.500. The first kappa shape index (κ1) is 8.25. The zero-order valence-electron chi connectivity index (χ0n) is 7.25. The molecule has 0 aromatic rings. The third kappa shape index (κ3) is 2.71. The van der Waals surface area contributed by atoms with Crippen molar-refractivity contribution in [3.05, 3.63) is 24.3 Å². The summed E-state index contributed by atoms with van der Waals surface area (Å²) in [6.07, 6.45) is 9.36. The lowest BCUT2D eigenvalue weighted by Gasteiger charge is -1.93. The van der Waals surface area contributed by atoms with Crippen molar-refractivity contribution in [3.63, 3.8) is 0 Å². The largest absolute Gasteiger partial charge is 0.289 e. The molecule has 0 fully saturated rings. The van der Waals surface area contributed by atoms with Gasteiger partial charge >= 0.3 is 0 Å². The molecular weight excluding hydrogens is 134 g/mol. The molecule has 0 amide bonds. The second-order valence-corrected chi connectivity index (χ2v) is 3.03. The van der Waals surface area contributed by atoms with Gasteiger partial charge in [0.1, 0.15) is 0 Å². The van der Waals surface area contributed by atoms with Gasteiger partial charge in [-0.3, -0.25) is 4.99 Å². The normalized spacial score (nSPS) is 25.3. The van der Waals surface area contributed by atoms with Gasteiger partial charge in [-0.2, -0.15) is 0 Å². The summed E-state index contributed by atoms with van der Waals surface area (Å²) in [7, 11) is 0. The van der Waals surface area contributed by atoms with Gasteiger partial charge in [0.15, 0.2) is 0 Å². The Labute approximate surface area is 68.5 Å². The molecule has 60 valence electrons. The Morgan fingerprint density at radius 1 is 1.45 bits per heavy atom. The summed E-state index contributed by atoms with van der Waals surface area (Å²) in [6, 6.07) is 0. The van der Waals surface area contributed by atoms with E-state index in [1.807, 2.05) is 19.1 Å². The molecule has 0 aromatic heterocycles. The molecule has 0 spiro atoms. The number of hydrogen-bond acceptors (Lipinski definition) is 1. The van der Waals surface area contributed by atoms with E-state index in [9.17, 15) is 0 Å². The number of allylic oxidation sites excluding steroid dienone is 4. The number of nitrogens with zero attached hydrogens (tertiary/aromatic N) is 1. The minimum atomic E-state index is 0.750. The third-order valence-electron chi connectivity index (χ3n) is 1.76. The van der Waals surface area contributed by atoms with Crippen molar-refractivity contribution in [1.29, 1.82) is 0 Å². The molecule has 0 radical (unpaired) electrons. The number of rotatable bonds is 2. The van der Waals surface area contributed by atoms with Gasteiger partial charge in [-0.25, -0.2) is 0 Å². The minimum Gasteiger partial charge on any atom is -0.289 e. The van der Waals surface area contributed by atoms with Crippen molar-refractivity contribution >= 4 is 5.71 Å². The highest BCUT2D eigenvalue weighted by Gasteiger charge is 2.10. The van der Waals surface area contributed by atoms with Gasteiger partial charge in [-0.05, 0) is 25.3 Å². The van der Waals surface area contributed by atoms with Gasteiger partial charge in [0.05, 0.1) is 0 Å². The van der Waals surface area contributed by atoms with Crippen LogP contribution in [0.1, 0.15) is 20.3 Å². The van der Waals surface area contributed by atoms with E-state index in [0.717, 1.165) is 18.9 Å².